The van der Waals surface area contributed by atoms with E-state index in [4.69, 9.17) is 27.9 Å². The van der Waals surface area contributed by atoms with Gasteiger partial charge in [0, 0.05) is 21.1 Å². The van der Waals surface area contributed by atoms with E-state index in [1.807, 2.05) is 0 Å². The van der Waals surface area contributed by atoms with Gasteiger partial charge in [-0.15, -0.1) is 11.3 Å². The van der Waals surface area contributed by atoms with Gasteiger partial charge in [-0.1, -0.05) is 23.2 Å². The molecule has 0 amide bonds. The first-order valence-electron chi connectivity index (χ1n) is 6.71. The molecule has 3 rings (SSSR count). The summed E-state index contributed by atoms with van der Waals surface area (Å²) in [6.07, 6.45) is 1.43. The number of ether oxygens (including phenoxy) is 1. The summed E-state index contributed by atoms with van der Waals surface area (Å²) in [6.45, 7) is 2.06. The highest BCUT2D eigenvalue weighted by Gasteiger charge is 2.18. The number of nitrogens with one attached hydrogen (secondary N) is 1. The molecule has 0 spiro atoms. The second-order valence-electron chi connectivity index (χ2n) is 4.56. The second kappa shape index (κ2) is 6.70. The highest BCUT2D eigenvalue weighted by Crippen LogP contribution is 2.32. The number of nitrogens with zero attached hydrogens (tertiary/aromatic N) is 2. The maximum Gasteiger partial charge on any atom is 0.339 e. The molecule has 0 aliphatic heterocycles. The zero-order chi connectivity index (χ0) is 16.4. The average Bonchev–Trinajstić information content (AvgIpc) is 2.91. The lowest BCUT2D eigenvalue weighted by atomic mass is 10.2. The van der Waals surface area contributed by atoms with Crippen molar-refractivity contribution in [3.63, 3.8) is 0 Å². The van der Waals surface area contributed by atoms with Crippen LogP contribution in [0.15, 0.2) is 29.9 Å². The molecule has 0 atom stereocenters. The molecule has 0 saturated carbocycles. The minimum atomic E-state index is -0.402. The largest absolute Gasteiger partial charge is 0.462 e. The maximum atomic E-state index is 12.1. The van der Waals surface area contributed by atoms with Crippen LogP contribution in [-0.2, 0) is 4.74 Å². The number of esters is 1. The Morgan fingerprint density at radius 3 is 2.70 bits per heavy atom. The zero-order valence-electron chi connectivity index (χ0n) is 12.0. The van der Waals surface area contributed by atoms with Crippen molar-refractivity contribution in [2.24, 2.45) is 0 Å². The summed E-state index contributed by atoms with van der Waals surface area (Å²) in [7, 11) is 0. The highest BCUT2D eigenvalue weighted by atomic mass is 35.5. The summed E-state index contributed by atoms with van der Waals surface area (Å²) in [4.78, 5) is 21.2. The number of hydrogen-bond acceptors (Lipinski definition) is 6. The maximum absolute atomic E-state index is 12.1. The minimum absolute atomic E-state index is 0.302. The first-order chi connectivity index (χ1) is 11.1. The minimum Gasteiger partial charge on any atom is -0.462 e. The molecule has 2 heterocycles. The fourth-order valence-corrected chi connectivity index (χ4v) is 3.49. The van der Waals surface area contributed by atoms with Crippen molar-refractivity contribution < 1.29 is 9.53 Å². The molecule has 2 aromatic heterocycles. The van der Waals surface area contributed by atoms with Gasteiger partial charge in [-0.05, 0) is 25.1 Å². The fraction of sp³-hybridized carbons (Fsp3) is 0.133. The Bertz CT molecular complexity index is 862. The van der Waals surface area contributed by atoms with Crippen LogP contribution in [0, 0.1) is 0 Å². The van der Waals surface area contributed by atoms with Gasteiger partial charge in [-0.25, -0.2) is 14.8 Å². The third-order valence-corrected chi connectivity index (χ3v) is 4.31. The van der Waals surface area contributed by atoms with E-state index in [9.17, 15) is 4.79 Å². The van der Waals surface area contributed by atoms with Crippen LogP contribution in [0.1, 0.15) is 17.3 Å². The molecule has 0 aliphatic rings. The van der Waals surface area contributed by atoms with Gasteiger partial charge < -0.3 is 10.1 Å². The molecule has 23 heavy (non-hydrogen) atoms. The lowest BCUT2D eigenvalue weighted by molar-refractivity contribution is 0.0529. The number of benzene rings is 1. The van der Waals surface area contributed by atoms with Crippen LogP contribution in [0.5, 0.6) is 0 Å². The molecule has 0 unspecified atom stereocenters. The number of carbonyl (C=O) groups is 1. The standard InChI is InChI=1S/C15H11Cl2N3O2S/c1-2-22-15(21)11-6-23-14-12(11)13(18-7-19-14)20-10-4-8(16)3-9(17)5-10/h3-7H,2H2,1H3,(H,18,19,20). The van der Waals surface area contributed by atoms with Gasteiger partial charge in [0.1, 0.15) is 17.0 Å². The van der Waals surface area contributed by atoms with Crippen molar-refractivity contribution in [2.45, 2.75) is 6.92 Å². The van der Waals surface area contributed by atoms with Crippen LogP contribution >= 0.6 is 34.5 Å². The first-order valence-corrected chi connectivity index (χ1v) is 8.34. The Labute approximate surface area is 146 Å². The van der Waals surface area contributed by atoms with Crippen LogP contribution in [0.2, 0.25) is 10.0 Å². The molecule has 0 saturated heterocycles. The number of carbonyl (C=O) groups excluding carboxylic acids is 1. The van der Waals surface area contributed by atoms with Crippen LogP contribution in [0.4, 0.5) is 11.5 Å². The number of rotatable bonds is 4. The molecule has 5 nitrogen and oxygen atoms in total. The first kappa shape index (κ1) is 16.0. The predicted octanol–water partition coefficient (Wildman–Crippen LogP) is 4.92. The molecule has 0 radical (unpaired) electrons. The summed E-state index contributed by atoms with van der Waals surface area (Å²) in [6, 6.07) is 5.08. The van der Waals surface area contributed by atoms with E-state index in [-0.39, 0.29) is 0 Å². The third kappa shape index (κ3) is 3.39. The quantitative estimate of drug-likeness (QED) is 0.663. The topological polar surface area (TPSA) is 64.1 Å². The molecule has 0 bridgehead atoms. The van der Waals surface area contributed by atoms with Crippen molar-refractivity contribution in [2.75, 3.05) is 11.9 Å². The van der Waals surface area contributed by atoms with E-state index in [0.29, 0.717) is 43.9 Å². The van der Waals surface area contributed by atoms with Crippen molar-refractivity contribution >= 4 is 62.2 Å². The Hall–Kier alpha value is -1.89. The van der Waals surface area contributed by atoms with E-state index in [0.717, 1.165) is 0 Å². The number of halogens is 2. The molecule has 0 aliphatic carbocycles. The Kier molecular flexibility index (Phi) is 4.66. The summed E-state index contributed by atoms with van der Waals surface area (Å²) < 4.78 is 5.08. The van der Waals surface area contributed by atoms with E-state index in [2.05, 4.69) is 15.3 Å². The van der Waals surface area contributed by atoms with Gasteiger partial charge >= 0.3 is 5.97 Å². The Morgan fingerprint density at radius 2 is 2.00 bits per heavy atom. The molecular weight excluding hydrogens is 357 g/mol. The van der Waals surface area contributed by atoms with Crippen molar-refractivity contribution in [1.82, 2.24) is 9.97 Å². The molecule has 118 valence electrons. The summed E-state index contributed by atoms with van der Waals surface area (Å²) in [5.74, 6) is 0.0957. The summed E-state index contributed by atoms with van der Waals surface area (Å²) in [5.41, 5.74) is 1.10. The molecule has 0 fully saturated rings. The van der Waals surface area contributed by atoms with Crippen LogP contribution < -0.4 is 5.32 Å². The molecule has 1 N–H and O–H groups in total. The highest BCUT2D eigenvalue weighted by molar-refractivity contribution is 7.17. The fourth-order valence-electron chi connectivity index (χ4n) is 2.09. The molecule has 1 aromatic carbocycles. The second-order valence-corrected chi connectivity index (χ2v) is 6.29. The van der Waals surface area contributed by atoms with E-state index in [1.54, 1.807) is 30.5 Å². The van der Waals surface area contributed by atoms with E-state index < -0.39 is 5.97 Å². The van der Waals surface area contributed by atoms with Crippen molar-refractivity contribution in [3.8, 4) is 0 Å². The zero-order valence-corrected chi connectivity index (χ0v) is 14.3. The van der Waals surface area contributed by atoms with Crippen LogP contribution in [-0.4, -0.2) is 22.5 Å². The molecule has 3 aromatic rings. The monoisotopic (exact) mass is 367 g/mol. The van der Waals surface area contributed by atoms with Gasteiger partial charge in [0.05, 0.1) is 17.6 Å². The van der Waals surface area contributed by atoms with Gasteiger partial charge in [-0.2, -0.15) is 0 Å². The molecule has 8 heteroatoms. The Balaban J connectivity index is 2.06. The van der Waals surface area contributed by atoms with E-state index in [1.165, 1.54) is 17.7 Å². The predicted molar refractivity (Wildman–Crippen MR) is 93.1 cm³/mol. The van der Waals surface area contributed by atoms with Crippen molar-refractivity contribution in [3.05, 3.63) is 45.5 Å². The normalized spacial score (nSPS) is 10.7. The summed E-state index contributed by atoms with van der Waals surface area (Å²) >= 11 is 13.4. The number of anilines is 2. The number of aromatic nitrogens is 2. The Morgan fingerprint density at radius 1 is 1.26 bits per heavy atom. The average molecular weight is 368 g/mol. The number of hydrogen-bond donors (Lipinski definition) is 1. The lowest BCUT2D eigenvalue weighted by Crippen LogP contribution is -2.05. The van der Waals surface area contributed by atoms with Crippen LogP contribution in [0.3, 0.4) is 0 Å². The number of fused-ring (bicyclic) bond motifs is 1. The smallest absolute Gasteiger partial charge is 0.339 e. The molecular formula is C15H11Cl2N3O2S. The lowest BCUT2D eigenvalue weighted by Gasteiger charge is -2.09. The summed E-state index contributed by atoms with van der Waals surface area (Å²) in [5, 5.41) is 6.47. The van der Waals surface area contributed by atoms with Gasteiger partial charge in [0.2, 0.25) is 0 Å². The van der Waals surface area contributed by atoms with E-state index >= 15 is 0 Å². The van der Waals surface area contributed by atoms with Crippen LogP contribution in [0.25, 0.3) is 10.2 Å². The SMILES string of the molecule is CCOC(=O)c1csc2ncnc(Nc3cc(Cl)cc(Cl)c3)c12. The van der Waals surface area contributed by atoms with Gasteiger partial charge in [0.15, 0.2) is 0 Å². The van der Waals surface area contributed by atoms with Gasteiger partial charge in [0.25, 0.3) is 0 Å². The van der Waals surface area contributed by atoms with Crippen molar-refractivity contribution in [1.29, 1.82) is 0 Å². The third-order valence-electron chi connectivity index (χ3n) is 2.99. The number of thiophene rings is 1. The van der Waals surface area contributed by atoms with Gasteiger partial charge in [-0.3, -0.25) is 0 Å².